The molecule has 15 heavy (non-hydrogen) atoms. The highest BCUT2D eigenvalue weighted by molar-refractivity contribution is 7.78. The Morgan fingerprint density at radius 1 is 1.60 bits per heavy atom. The molecule has 1 aromatic rings. The molecule has 0 saturated carbocycles. The van der Waals surface area contributed by atoms with Gasteiger partial charge in [-0.3, -0.25) is 4.79 Å². The van der Waals surface area contributed by atoms with E-state index in [1.165, 1.54) is 18.2 Å². The Balaban J connectivity index is 2.99. The maximum Gasteiger partial charge on any atom is 0.259 e. The minimum atomic E-state index is -0.543. The van der Waals surface area contributed by atoms with Crippen LogP contribution in [0.5, 0.6) is 0 Å². The van der Waals surface area contributed by atoms with Crippen LogP contribution in [0.4, 0.5) is 4.39 Å². The number of aliphatic imine (C=N–C) groups is 1. The number of benzene rings is 1. The van der Waals surface area contributed by atoms with Gasteiger partial charge < -0.3 is 0 Å². The van der Waals surface area contributed by atoms with Gasteiger partial charge in [-0.2, -0.15) is 4.99 Å². The third-order valence-electron chi connectivity index (χ3n) is 1.72. The average Bonchev–Trinajstić information content (AvgIpc) is 2.21. The normalized spacial score (nSPS) is 8.80. The van der Waals surface area contributed by atoms with Crippen LogP contribution in [0.1, 0.15) is 11.1 Å². The summed E-state index contributed by atoms with van der Waals surface area (Å²) in [5, 5.41) is 1.93. The maximum absolute atomic E-state index is 13.2. The number of rotatable bonds is 2. The van der Waals surface area contributed by atoms with Crippen molar-refractivity contribution in [2.75, 3.05) is 0 Å². The quantitative estimate of drug-likeness (QED) is 0.432. The molecule has 0 atom stereocenters. The molecular weight excluding hydrogens is 213 g/mol. The Morgan fingerprint density at radius 2 is 2.33 bits per heavy atom. The summed E-state index contributed by atoms with van der Waals surface area (Å²) in [6.07, 6.45) is 4.99. The Labute approximate surface area is 91.8 Å². The molecule has 1 rings (SSSR count). The van der Waals surface area contributed by atoms with E-state index in [0.717, 1.165) is 0 Å². The largest absolute Gasteiger partial charge is 0.271 e. The smallest absolute Gasteiger partial charge is 0.259 e. The molecule has 0 N–H and O–H groups in total. The van der Waals surface area contributed by atoms with Gasteiger partial charge in [0.2, 0.25) is 0 Å². The summed E-state index contributed by atoms with van der Waals surface area (Å²) in [5.74, 6) is 1.33. The first kappa shape index (κ1) is 11.3. The first-order valence-corrected chi connectivity index (χ1v) is 4.44. The van der Waals surface area contributed by atoms with Crippen molar-refractivity contribution in [2.45, 2.75) is 6.42 Å². The van der Waals surface area contributed by atoms with Crippen LogP contribution in [-0.4, -0.2) is 11.1 Å². The molecule has 1 amide bonds. The van der Waals surface area contributed by atoms with Crippen molar-refractivity contribution < 1.29 is 9.18 Å². The second-order valence-electron chi connectivity index (χ2n) is 2.72. The first-order chi connectivity index (χ1) is 7.17. The Hall–Kier alpha value is -1.82. The van der Waals surface area contributed by atoms with Crippen molar-refractivity contribution in [3.05, 3.63) is 35.1 Å². The van der Waals surface area contributed by atoms with E-state index in [2.05, 4.69) is 23.1 Å². The van der Waals surface area contributed by atoms with Gasteiger partial charge in [-0.1, -0.05) is 5.92 Å². The fourth-order valence-corrected chi connectivity index (χ4v) is 1.16. The zero-order chi connectivity index (χ0) is 11.3. The second kappa shape index (κ2) is 5.16. The number of thiocarbonyl (C=S) groups is 1. The van der Waals surface area contributed by atoms with E-state index in [-0.39, 0.29) is 12.0 Å². The number of nitrogens with zero attached hydrogens (tertiary/aromatic N) is 1. The zero-order valence-electron chi connectivity index (χ0n) is 7.66. The van der Waals surface area contributed by atoms with Gasteiger partial charge in [0, 0.05) is 5.56 Å². The highest BCUT2D eigenvalue weighted by Crippen LogP contribution is 2.11. The monoisotopic (exact) mass is 219 g/mol. The van der Waals surface area contributed by atoms with Gasteiger partial charge in [-0.15, -0.1) is 6.42 Å². The van der Waals surface area contributed by atoms with E-state index < -0.39 is 11.7 Å². The molecule has 0 aliphatic rings. The van der Waals surface area contributed by atoms with Gasteiger partial charge in [0.25, 0.3) is 5.91 Å². The average molecular weight is 219 g/mol. The fourth-order valence-electron chi connectivity index (χ4n) is 1.05. The maximum atomic E-state index is 13.2. The molecule has 74 valence electrons. The van der Waals surface area contributed by atoms with Crippen LogP contribution in [0, 0.1) is 18.2 Å². The molecule has 0 heterocycles. The fraction of sp³-hybridized carbons (Fsp3) is 0.0909. The summed E-state index contributed by atoms with van der Waals surface area (Å²) in [7, 11) is 0. The molecule has 1 aromatic carbocycles. The first-order valence-electron chi connectivity index (χ1n) is 4.03. The summed E-state index contributed by atoms with van der Waals surface area (Å²) >= 11 is 4.26. The Kier molecular flexibility index (Phi) is 3.87. The van der Waals surface area contributed by atoms with E-state index in [1.54, 1.807) is 0 Å². The highest BCUT2D eigenvalue weighted by atomic mass is 32.1. The molecule has 0 aromatic heterocycles. The second-order valence-corrected chi connectivity index (χ2v) is 2.91. The zero-order valence-corrected chi connectivity index (χ0v) is 8.47. The summed E-state index contributed by atoms with van der Waals surface area (Å²) in [6.45, 7) is 0. The van der Waals surface area contributed by atoms with Crippen LogP contribution >= 0.6 is 12.2 Å². The molecule has 0 radical (unpaired) electrons. The summed E-state index contributed by atoms with van der Waals surface area (Å²) in [4.78, 5) is 14.3. The van der Waals surface area contributed by atoms with Gasteiger partial charge in [-0.25, -0.2) is 4.39 Å². The molecule has 0 unspecified atom stereocenters. The number of carbonyl (C=O) groups excluding carboxylic acids is 1. The number of terminal acetylenes is 1. The van der Waals surface area contributed by atoms with Crippen molar-refractivity contribution in [2.24, 2.45) is 4.99 Å². The SMILES string of the molecule is C#Cc1ccc(F)c(CC(=O)N=C=S)c1. The molecule has 0 spiro atoms. The van der Waals surface area contributed by atoms with Gasteiger partial charge in [0.1, 0.15) is 5.82 Å². The van der Waals surface area contributed by atoms with Gasteiger partial charge in [0.15, 0.2) is 0 Å². The van der Waals surface area contributed by atoms with Gasteiger partial charge in [-0.05, 0) is 36.0 Å². The third kappa shape index (κ3) is 3.10. The van der Waals surface area contributed by atoms with E-state index in [1.807, 2.05) is 5.16 Å². The van der Waals surface area contributed by atoms with Crippen LogP contribution in [-0.2, 0) is 11.2 Å². The van der Waals surface area contributed by atoms with E-state index >= 15 is 0 Å². The number of halogens is 1. The molecule has 0 saturated heterocycles. The third-order valence-corrected chi connectivity index (χ3v) is 1.82. The summed E-state index contributed by atoms with van der Waals surface area (Å²) < 4.78 is 13.2. The lowest BCUT2D eigenvalue weighted by molar-refractivity contribution is -0.117. The van der Waals surface area contributed by atoms with Gasteiger partial charge >= 0.3 is 0 Å². The molecule has 0 aliphatic heterocycles. The number of carbonyl (C=O) groups is 1. The van der Waals surface area contributed by atoms with E-state index in [9.17, 15) is 9.18 Å². The lowest BCUT2D eigenvalue weighted by Gasteiger charge is -2.00. The predicted octanol–water partition coefficient (Wildman–Crippen LogP) is 1.98. The van der Waals surface area contributed by atoms with Crippen molar-refractivity contribution in [1.82, 2.24) is 0 Å². The molecular formula is C11H6FNOS. The molecule has 4 heteroatoms. The summed E-state index contributed by atoms with van der Waals surface area (Å²) in [5.41, 5.74) is 0.731. The van der Waals surface area contributed by atoms with Crippen molar-refractivity contribution in [1.29, 1.82) is 0 Å². The van der Waals surface area contributed by atoms with Gasteiger partial charge in [0.05, 0.1) is 11.6 Å². The number of isothiocyanates is 1. The minimum absolute atomic E-state index is 0.162. The van der Waals surface area contributed by atoms with Crippen LogP contribution in [0.2, 0.25) is 0 Å². The van der Waals surface area contributed by atoms with Crippen LogP contribution in [0.15, 0.2) is 23.2 Å². The number of hydrogen-bond acceptors (Lipinski definition) is 2. The molecule has 0 aliphatic carbocycles. The van der Waals surface area contributed by atoms with Crippen molar-refractivity contribution in [3.8, 4) is 12.3 Å². The standard InChI is InChI=1S/C11H6FNOS/c1-2-8-3-4-10(12)9(5-8)6-11(14)13-7-15/h1,3-5H,6H2. The van der Waals surface area contributed by atoms with Crippen LogP contribution in [0.3, 0.4) is 0 Å². The molecule has 0 fully saturated rings. The van der Waals surface area contributed by atoms with Crippen LogP contribution in [0.25, 0.3) is 0 Å². The minimum Gasteiger partial charge on any atom is -0.271 e. The number of hydrogen-bond donors (Lipinski definition) is 0. The summed E-state index contributed by atoms with van der Waals surface area (Å²) in [6, 6.07) is 4.12. The van der Waals surface area contributed by atoms with Crippen molar-refractivity contribution in [3.63, 3.8) is 0 Å². The highest BCUT2D eigenvalue weighted by Gasteiger charge is 2.07. The molecule has 2 nitrogen and oxygen atoms in total. The van der Waals surface area contributed by atoms with E-state index in [0.29, 0.717) is 5.56 Å². The number of amides is 1. The van der Waals surface area contributed by atoms with Crippen LogP contribution < -0.4 is 0 Å². The predicted molar refractivity (Wildman–Crippen MR) is 58.1 cm³/mol. The Bertz CT molecular complexity index is 484. The lowest BCUT2D eigenvalue weighted by Crippen LogP contribution is -2.01. The van der Waals surface area contributed by atoms with E-state index in [4.69, 9.17) is 6.42 Å². The molecule has 0 bridgehead atoms. The van der Waals surface area contributed by atoms with Crippen molar-refractivity contribution >= 4 is 23.3 Å². The Morgan fingerprint density at radius 3 is 2.93 bits per heavy atom. The topological polar surface area (TPSA) is 29.4 Å². The lowest BCUT2D eigenvalue weighted by atomic mass is 10.1.